The van der Waals surface area contributed by atoms with Gasteiger partial charge in [0.2, 0.25) is 0 Å². The highest BCUT2D eigenvalue weighted by atomic mass is 31.2. The number of aliphatic hydroxyl groups is 1. The number of rotatable bonds is 76. The number of carbonyl (C=O) groups excluding carboxylic acids is 4. The van der Waals surface area contributed by atoms with E-state index in [0.717, 1.165) is 102 Å². The quantitative estimate of drug-likeness (QED) is 0.0222. The predicted molar refractivity (Wildman–Crippen MR) is 386 cm³/mol. The zero-order valence-corrected chi connectivity index (χ0v) is 63.6. The summed E-state index contributed by atoms with van der Waals surface area (Å²) in [5.74, 6) is -1.24. The molecule has 0 saturated heterocycles. The molecule has 0 aromatic carbocycles. The first-order valence-corrected chi connectivity index (χ1v) is 42.7. The molecular weight excluding hydrogens is 1250 g/mol. The van der Waals surface area contributed by atoms with Gasteiger partial charge >= 0.3 is 39.5 Å². The lowest BCUT2D eigenvalue weighted by Crippen LogP contribution is -2.30. The number of phosphoric acid groups is 2. The van der Waals surface area contributed by atoms with Gasteiger partial charge in [-0.1, -0.05) is 349 Å². The molecule has 0 aliphatic heterocycles. The first-order valence-electron chi connectivity index (χ1n) is 39.7. The number of phosphoric ester groups is 2. The highest BCUT2D eigenvalue weighted by Crippen LogP contribution is 2.45. The minimum Gasteiger partial charge on any atom is -0.462 e. The van der Waals surface area contributed by atoms with Gasteiger partial charge in [-0.3, -0.25) is 37.3 Å². The van der Waals surface area contributed by atoms with Crippen LogP contribution in [0, 0.1) is 5.92 Å². The highest BCUT2D eigenvalue weighted by Gasteiger charge is 2.30. The predicted octanol–water partition coefficient (Wildman–Crippen LogP) is 22.5. The molecule has 6 atom stereocenters. The standard InChI is InChI=1S/C76H148O17P2/c1-6-10-13-16-19-22-24-32-37-40-45-50-55-60-74(79)87-66-72(93-76(81)62-57-52-47-42-38-34-31-29-27-26-28-30-33-35-39-43-48-53-58-69(5)9-4)68-91-95(84,85)89-64-70(77)63-88-94(82,83)90-67-71(65-86-73(78)59-54-49-44-21-18-15-12-8-3)92-75(80)61-56-51-46-41-36-25-23-20-17-14-11-7-2/h69-72,77H,6-68H2,1-5H3,(H,82,83)(H,84,85)/t69?,70-,71+,72+/m0/s1. The Kier molecular flexibility index (Phi) is 67.7. The second-order valence-corrected chi connectivity index (χ2v) is 30.5. The first-order chi connectivity index (χ1) is 46.1. The molecule has 0 aliphatic carbocycles. The van der Waals surface area contributed by atoms with E-state index >= 15 is 0 Å². The summed E-state index contributed by atoms with van der Waals surface area (Å²) in [5, 5.41) is 10.6. The Morgan fingerprint density at radius 2 is 0.505 bits per heavy atom. The lowest BCUT2D eigenvalue weighted by molar-refractivity contribution is -0.161. The van der Waals surface area contributed by atoms with Crippen molar-refractivity contribution in [2.24, 2.45) is 5.92 Å². The normalized spacial score (nSPS) is 14.2. The van der Waals surface area contributed by atoms with Gasteiger partial charge in [-0.2, -0.15) is 0 Å². The van der Waals surface area contributed by atoms with Crippen molar-refractivity contribution < 1.29 is 80.2 Å². The molecule has 0 aromatic heterocycles. The van der Waals surface area contributed by atoms with Crippen molar-refractivity contribution >= 4 is 39.5 Å². The van der Waals surface area contributed by atoms with E-state index < -0.39 is 97.5 Å². The van der Waals surface area contributed by atoms with Crippen LogP contribution < -0.4 is 0 Å². The van der Waals surface area contributed by atoms with Gasteiger partial charge in [0.05, 0.1) is 26.4 Å². The number of aliphatic hydroxyl groups excluding tert-OH is 1. The van der Waals surface area contributed by atoms with Crippen LogP contribution in [0.1, 0.15) is 401 Å². The molecule has 0 radical (unpaired) electrons. The molecule has 0 rings (SSSR count). The van der Waals surface area contributed by atoms with Crippen molar-refractivity contribution in [1.29, 1.82) is 0 Å². The molecule has 0 aromatic rings. The third-order valence-electron chi connectivity index (χ3n) is 18.1. The Morgan fingerprint density at radius 1 is 0.295 bits per heavy atom. The molecule has 0 aliphatic rings. The molecule has 19 heteroatoms. The maximum Gasteiger partial charge on any atom is 0.472 e. The van der Waals surface area contributed by atoms with Crippen LogP contribution in [0.5, 0.6) is 0 Å². The monoisotopic (exact) mass is 1400 g/mol. The van der Waals surface area contributed by atoms with Gasteiger partial charge in [0.25, 0.3) is 0 Å². The average molecular weight is 1400 g/mol. The Labute approximate surface area is 581 Å². The van der Waals surface area contributed by atoms with Crippen molar-refractivity contribution in [2.45, 2.75) is 419 Å². The second kappa shape index (κ2) is 69.2. The Morgan fingerprint density at radius 3 is 0.747 bits per heavy atom. The Balaban J connectivity index is 5.16. The number of hydrogen-bond donors (Lipinski definition) is 3. The summed E-state index contributed by atoms with van der Waals surface area (Å²) in [4.78, 5) is 72.7. The number of ether oxygens (including phenoxy) is 4. The molecule has 3 unspecified atom stereocenters. The molecule has 564 valence electrons. The van der Waals surface area contributed by atoms with Crippen LogP contribution in [0.25, 0.3) is 0 Å². The van der Waals surface area contributed by atoms with Gasteiger partial charge in [-0.15, -0.1) is 0 Å². The summed E-state index contributed by atoms with van der Waals surface area (Å²) in [7, 11) is -9.90. The fraction of sp³-hybridized carbons (Fsp3) is 0.947. The highest BCUT2D eigenvalue weighted by molar-refractivity contribution is 7.47. The molecule has 0 heterocycles. The van der Waals surface area contributed by atoms with E-state index in [1.54, 1.807) is 0 Å². The molecule has 0 amide bonds. The molecule has 3 N–H and O–H groups in total. The molecular formula is C76H148O17P2. The fourth-order valence-electron chi connectivity index (χ4n) is 11.7. The van der Waals surface area contributed by atoms with E-state index in [9.17, 15) is 43.2 Å². The van der Waals surface area contributed by atoms with Crippen LogP contribution >= 0.6 is 15.6 Å². The summed E-state index contributed by atoms with van der Waals surface area (Å²) >= 11 is 0. The van der Waals surface area contributed by atoms with Crippen LogP contribution in [0.4, 0.5) is 0 Å². The van der Waals surface area contributed by atoms with Gasteiger partial charge in [-0.05, 0) is 31.6 Å². The lowest BCUT2D eigenvalue weighted by atomic mass is 9.99. The third kappa shape index (κ3) is 69.0. The number of carbonyl (C=O) groups is 4. The molecule has 0 bridgehead atoms. The molecule has 95 heavy (non-hydrogen) atoms. The summed E-state index contributed by atoms with van der Waals surface area (Å²) in [5.41, 5.74) is 0. The second-order valence-electron chi connectivity index (χ2n) is 27.6. The Hall–Kier alpha value is -1.94. The number of esters is 4. The SMILES string of the molecule is CCCCCCCCCCCCCCCC(=O)OC[C@H](COP(=O)(O)OC[C@@H](O)COP(=O)(O)OC[C@@H](COC(=O)CCCCCCCCCC)OC(=O)CCCCCCCCCCCCCC)OC(=O)CCCCCCCCCCCCCCCCCCCCC(C)CC. The summed E-state index contributed by atoms with van der Waals surface area (Å²) in [6.07, 6.45) is 58.2. The average Bonchev–Trinajstić information content (AvgIpc) is 1.62. The Bertz CT molecular complexity index is 1820. The first kappa shape index (κ1) is 93.1. The van der Waals surface area contributed by atoms with E-state index in [4.69, 9.17) is 37.0 Å². The number of unbranched alkanes of at least 4 members (excludes halogenated alkanes) is 47. The van der Waals surface area contributed by atoms with Crippen LogP contribution in [0.3, 0.4) is 0 Å². The number of hydrogen-bond acceptors (Lipinski definition) is 15. The van der Waals surface area contributed by atoms with Crippen LogP contribution in [0.15, 0.2) is 0 Å². The largest absolute Gasteiger partial charge is 0.472 e. The zero-order chi connectivity index (χ0) is 69.8. The lowest BCUT2D eigenvalue weighted by Gasteiger charge is -2.21. The minimum absolute atomic E-state index is 0.107. The van der Waals surface area contributed by atoms with Gasteiger partial charge in [0, 0.05) is 25.7 Å². The van der Waals surface area contributed by atoms with Gasteiger partial charge in [-0.25, -0.2) is 9.13 Å². The molecule has 0 spiro atoms. The molecule has 0 saturated carbocycles. The van der Waals surface area contributed by atoms with Crippen molar-refractivity contribution in [3.63, 3.8) is 0 Å². The van der Waals surface area contributed by atoms with Crippen molar-refractivity contribution in [3.8, 4) is 0 Å². The summed E-state index contributed by atoms with van der Waals surface area (Å²) in [6, 6.07) is 0. The molecule has 17 nitrogen and oxygen atoms in total. The maximum absolute atomic E-state index is 13.1. The minimum atomic E-state index is -4.96. The van der Waals surface area contributed by atoms with Gasteiger partial charge in [0.15, 0.2) is 12.2 Å². The van der Waals surface area contributed by atoms with Crippen LogP contribution in [-0.4, -0.2) is 96.7 Å². The van der Waals surface area contributed by atoms with Gasteiger partial charge < -0.3 is 33.8 Å². The van der Waals surface area contributed by atoms with E-state index in [1.165, 1.54) is 218 Å². The van der Waals surface area contributed by atoms with E-state index in [0.29, 0.717) is 25.7 Å². The van der Waals surface area contributed by atoms with Gasteiger partial charge in [0.1, 0.15) is 19.3 Å². The van der Waals surface area contributed by atoms with Crippen molar-refractivity contribution in [3.05, 3.63) is 0 Å². The van der Waals surface area contributed by atoms with E-state index in [2.05, 4.69) is 34.6 Å². The van der Waals surface area contributed by atoms with E-state index in [1.807, 2.05) is 0 Å². The zero-order valence-electron chi connectivity index (χ0n) is 61.8. The van der Waals surface area contributed by atoms with Crippen LogP contribution in [0.2, 0.25) is 0 Å². The van der Waals surface area contributed by atoms with Crippen molar-refractivity contribution in [2.75, 3.05) is 39.6 Å². The van der Waals surface area contributed by atoms with Crippen molar-refractivity contribution in [1.82, 2.24) is 0 Å². The molecule has 0 fully saturated rings. The topological polar surface area (TPSA) is 237 Å². The summed E-state index contributed by atoms with van der Waals surface area (Å²) in [6.45, 7) is 7.33. The third-order valence-corrected chi connectivity index (χ3v) is 20.0. The fourth-order valence-corrected chi connectivity index (χ4v) is 13.3. The van der Waals surface area contributed by atoms with Crippen LogP contribution in [-0.2, 0) is 65.4 Å². The van der Waals surface area contributed by atoms with E-state index in [-0.39, 0.29) is 25.7 Å². The maximum atomic E-state index is 13.1. The smallest absolute Gasteiger partial charge is 0.462 e. The summed E-state index contributed by atoms with van der Waals surface area (Å²) < 4.78 is 68.4.